The van der Waals surface area contributed by atoms with Gasteiger partial charge in [0.1, 0.15) is 5.82 Å². The van der Waals surface area contributed by atoms with E-state index in [0.29, 0.717) is 17.7 Å². The second kappa shape index (κ2) is 8.41. The Morgan fingerprint density at radius 2 is 1.64 bits per heavy atom. The maximum atomic E-state index is 13.5. The zero-order valence-electron chi connectivity index (χ0n) is 17.1. The molecule has 12 heteroatoms. The number of nitrogens with zero attached hydrogens (tertiary/aromatic N) is 2. The van der Waals surface area contributed by atoms with Crippen molar-refractivity contribution in [2.45, 2.75) is 23.4 Å². The lowest BCUT2D eigenvalue weighted by atomic mass is 9.89. The average Bonchev–Trinajstić information content (AvgIpc) is 2.77. The van der Waals surface area contributed by atoms with Gasteiger partial charge in [0.2, 0.25) is 21.8 Å². The van der Waals surface area contributed by atoms with E-state index in [1.54, 1.807) is 0 Å². The highest BCUT2D eigenvalue weighted by Gasteiger charge is 2.37. The first-order valence-electron chi connectivity index (χ1n) is 10.0. The fourth-order valence-electron chi connectivity index (χ4n) is 3.99. The molecule has 176 valence electrons. The number of anilines is 1. The van der Waals surface area contributed by atoms with Gasteiger partial charge >= 0.3 is 6.18 Å². The summed E-state index contributed by atoms with van der Waals surface area (Å²) in [5.41, 5.74) is -0.234. The number of fused-ring (bicyclic) bond motifs is 1. The molecule has 2 aromatic carbocycles. The Labute approximate surface area is 187 Å². The van der Waals surface area contributed by atoms with Gasteiger partial charge in [0.05, 0.1) is 16.4 Å². The van der Waals surface area contributed by atoms with Crippen molar-refractivity contribution in [1.82, 2.24) is 9.21 Å². The minimum absolute atomic E-state index is 0.0490. The molecule has 2 aromatic rings. The quantitative estimate of drug-likeness (QED) is 0.678. The summed E-state index contributed by atoms with van der Waals surface area (Å²) in [7, 11) is -4.04. The molecule has 1 saturated heterocycles. The number of nitrogens with one attached hydrogen (secondary N) is 1. The second-order valence-electron chi connectivity index (χ2n) is 7.79. The van der Waals surface area contributed by atoms with Crippen molar-refractivity contribution in [3.63, 3.8) is 0 Å². The summed E-state index contributed by atoms with van der Waals surface area (Å²) in [6.07, 6.45) is -4.68. The number of amides is 2. The van der Waals surface area contributed by atoms with Crippen LogP contribution in [0.15, 0.2) is 47.4 Å². The fourth-order valence-corrected chi connectivity index (χ4v) is 5.41. The number of sulfonamides is 1. The van der Waals surface area contributed by atoms with Gasteiger partial charge in [-0.15, -0.1) is 0 Å². The molecule has 1 fully saturated rings. The van der Waals surface area contributed by atoms with E-state index in [-0.39, 0.29) is 49.1 Å². The molecule has 0 radical (unpaired) electrons. The molecule has 2 heterocycles. The number of piperazine rings is 1. The first-order valence-corrected chi connectivity index (χ1v) is 11.5. The monoisotopic (exact) mass is 485 g/mol. The highest BCUT2D eigenvalue weighted by atomic mass is 32.2. The summed E-state index contributed by atoms with van der Waals surface area (Å²) in [5, 5.41) is 2.54. The van der Waals surface area contributed by atoms with E-state index in [0.717, 1.165) is 22.5 Å². The molecular weight excluding hydrogens is 466 g/mol. The molecule has 0 aromatic heterocycles. The summed E-state index contributed by atoms with van der Waals surface area (Å²) in [6.45, 7) is -0.00470. The van der Waals surface area contributed by atoms with Crippen LogP contribution in [0.3, 0.4) is 0 Å². The number of carbonyl (C=O) groups excluding carboxylic acids is 2. The molecule has 33 heavy (non-hydrogen) atoms. The normalized spacial score (nSPS) is 19.7. The van der Waals surface area contributed by atoms with Crippen molar-refractivity contribution in [3.8, 4) is 0 Å². The molecular formula is C21H19F4N3O4S. The van der Waals surface area contributed by atoms with E-state index < -0.39 is 39.4 Å². The van der Waals surface area contributed by atoms with Crippen molar-refractivity contribution in [1.29, 1.82) is 0 Å². The highest BCUT2D eigenvalue weighted by molar-refractivity contribution is 7.89. The molecule has 4 rings (SSSR count). The Morgan fingerprint density at radius 1 is 1.00 bits per heavy atom. The number of hydrogen-bond acceptors (Lipinski definition) is 4. The molecule has 0 aliphatic carbocycles. The van der Waals surface area contributed by atoms with E-state index in [1.165, 1.54) is 17.0 Å². The zero-order chi connectivity index (χ0) is 24.0. The van der Waals surface area contributed by atoms with Crippen LogP contribution in [0.2, 0.25) is 0 Å². The minimum Gasteiger partial charge on any atom is -0.340 e. The number of halogens is 4. The van der Waals surface area contributed by atoms with Gasteiger partial charge in [-0.2, -0.15) is 17.5 Å². The maximum Gasteiger partial charge on any atom is 0.416 e. The molecule has 7 nitrogen and oxygen atoms in total. The van der Waals surface area contributed by atoms with E-state index in [1.807, 2.05) is 0 Å². The van der Waals surface area contributed by atoms with Gasteiger partial charge in [0.25, 0.3) is 0 Å². The Bertz CT molecular complexity index is 1190. The third-order valence-electron chi connectivity index (χ3n) is 5.72. The minimum atomic E-state index is -4.57. The van der Waals surface area contributed by atoms with Crippen molar-refractivity contribution in [2.24, 2.45) is 0 Å². The summed E-state index contributed by atoms with van der Waals surface area (Å²) in [4.78, 5) is 26.3. The lowest BCUT2D eigenvalue weighted by Gasteiger charge is -2.36. The number of benzene rings is 2. The van der Waals surface area contributed by atoms with Crippen LogP contribution in [-0.4, -0.2) is 55.6 Å². The van der Waals surface area contributed by atoms with Gasteiger partial charge in [-0.05, 0) is 42.0 Å². The van der Waals surface area contributed by atoms with Crippen molar-refractivity contribution in [3.05, 3.63) is 59.4 Å². The molecule has 0 saturated carbocycles. The number of carbonyl (C=O) groups is 2. The van der Waals surface area contributed by atoms with Gasteiger partial charge in [0.15, 0.2) is 0 Å². The molecule has 0 unspecified atom stereocenters. The molecule has 1 atom stereocenters. The van der Waals surface area contributed by atoms with E-state index in [4.69, 9.17) is 0 Å². The summed E-state index contributed by atoms with van der Waals surface area (Å²) < 4.78 is 78.5. The SMILES string of the molecule is O=C1C[C@@H](C(=O)N2CCN(S(=O)(=O)c3ccc(C(F)(F)F)cc3)CC2)c2ccc(F)cc2N1. The molecule has 2 aliphatic rings. The lowest BCUT2D eigenvalue weighted by molar-refractivity contribution is -0.137. The van der Waals surface area contributed by atoms with Crippen LogP contribution in [0.25, 0.3) is 0 Å². The summed E-state index contributed by atoms with van der Waals surface area (Å²) in [6, 6.07) is 7.02. The Kier molecular flexibility index (Phi) is 5.91. The van der Waals surface area contributed by atoms with E-state index in [9.17, 15) is 35.6 Å². The number of hydrogen-bond donors (Lipinski definition) is 1. The van der Waals surface area contributed by atoms with Gasteiger partial charge in [-0.1, -0.05) is 6.07 Å². The predicted octanol–water partition coefficient (Wildman–Crippen LogP) is 2.80. The molecule has 1 N–H and O–H groups in total. The largest absolute Gasteiger partial charge is 0.416 e. The zero-order valence-corrected chi connectivity index (χ0v) is 17.9. The topological polar surface area (TPSA) is 86.8 Å². The van der Waals surface area contributed by atoms with E-state index >= 15 is 0 Å². The highest BCUT2D eigenvalue weighted by Crippen LogP contribution is 2.35. The predicted molar refractivity (Wildman–Crippen MR) is 109 cm³/mol. The van der Waals surface area contributed by atoms with Crippen LogP contribution in [0.4, 0.5) is 23.2 Å². The maximum absolute atomic E-state index is 13.5. The number of rotatable bonds is 3. The van der Waals surface area contributed by atoms with Crippen LogP contribution in [0, 0.1) is 5.82 Å². The van der Waals surface area contributed by atoms with Gasteiger partial charge in [-0.3, -0.25) is 9.59 Å². The molecule has 0 bridgehead atoms. The lowest BCUT2D eigenvalue weighted by Crippen LogP contribution is -2.52. The Hall–Kier alpha value is -2.99. The molecule has 0 spiro atoms. The van der Waals surface area contributed by atoms with Gasteiger partial charge < -0.3 is 10.2 Å². The molecule has 2 aliphatic heterocycles. The van der Waals surface area contributed by atoms with Crippen LogP contribution < -0.4 is 5.32 Å². The Morgan fingerprint density at radius 3 is 2.24 bits per heavy atom. The third kappa shape index (κ3) is 4.58. The second-order valence-corrected chi connectivity index (χ2v) is 9.73. The van der Waals surface area contributed by atoms with Gasteiger partial charge in [0, 0.05) is 38.3 Å². The van der Waals surface area contributed by atoms with Gasteiger partial charge in [-0.25, -0.2) is 12.8 Å². The van der Waals surface area contributed by atoms with Crippen LogP contribution in [-0.2, 0) is 25.8 Å². The van der Waals surface area contributed by atoms with Crippen molar-refractivity contribution in [2.75, 3.05) is 31.5 Å². The van der Waals surface area contributed by atoms with Crippen LogP contribution >= 0.6 is 0 Å². The fraction of sp³-hybridized carbons (Fsp3) is 0.333. The number of alkyl halides is 3. The van der Waals surface area contributed by atoms with Crippen molar-refractivity contribution >= 4 is 27.5 Å². The first kappa shape index (κ1) is 23.2. The Balaban J connectivity index is 1.46. The average molecular weight is 485 g/mol. The van der Waals surface area contributed by atoms with E-state index in [2.05, 4.69) is 5.32 Å². The first-order chi connectivity index (χ1) is 15.5. The van der Waals surface area contributed by atoms with Crippen LogP contribution in [0.1, 0.15) is 23.5 Å². The molecule has 2 amide bonds. The smallest absolute Gasteiger partial charge is 0.340 e. The van der Waals surface area contributed by atoms with Crippen molar-refractivity contribution < 1.29 is 35.6 Å². The third-order valence-corrected chi connectivity index (χ3v) is 7.64. The standard InChI is InChI=1S/C21H19F4N3O4S/c22-14-3-6-16-17(12-19(29)26-18(16)11-14)20(30)27-7-9-28(10-8-27)33(31,32)15-4-1-13(2-5-15)21(23,24)25/h1-6,11,17H,7-10,12H2,(H,26,29)/t17-/m1/s1. The summed E-state index contributed by atoms with van der Waals surface area (Å²) in [5.74, 6) is -2.16. The van der Waals surface area contributed by atoms with Crippen LogP contribution in [0.5, 0.6) is 0 Å². The summed E-state index contributed by atoms with van der Waals surface area (Å²) >= 11 is 0.